The van der Waals surface area contributed by atoms with E-state index in [1.165, 1.54) is 57.8 Å². The first kappa shape index (κ1) is 22.9. The molecule has 0 aliphatic rings. The zero-order chi connectivity index (χ0) is 17.3. The minimum atomic E-state index is -0.204. The van der Waals surface area contributed by atoms with Gasteiger partial charge in [-0.3, -0.25) is 9.59 Å². The van der Waals surface area contributed by atoms with E-state index in [-0.39, 0.29) is 10.5 Å². The van der Waals surface area contributed by atoms with Gasteiger partial charge in [-0.05, 0) is 42.0 Å². The predicted molar refractivity (Wildman–Crippen MR) is 100 cm³/mol. The van der Waals surface area contributed by atoms with Crippen LogP contribution >= 0.6 is 23.2 Å². The van der Waals surface area contributed by atoms with E-state index in [1.807, 2.05) is 0 Å². The smallest absolute Gasteiger partial charge is 0.221 e. The van der Waals surface area contributed by atoms with Crippen LogP contribution in [-0.2, 0) is 9.59 Å². The molecule has 2 nitrogen and oxygen atoms in total. The predicted octanol–water partition coefficient (Wildman–Crippen LogP) is 7.00. The maximum atomic E-state index is 10.9. The number of carbonyl (C=O) groups is 2. The molecule has 23 heavy (non-hydrogen) atoms. The van der Waals surface area contributed by atoms with E-state index in [0.717, 1.165) is 25.7 Å². The van der Waals surface area contributed by atoms with Crippen molar-refractivity contribution in [2.75, 3.05) is 0 Å². The molecular formula is C19H34Cl2O2. The van der Waals surface area contributed by atoms with Crippen molar-refractivity contribution in [2.24, 2.45) is 5.92 Å². The molecule has 1 atom stereocenters. The van der Waals surface area contributed by atoms with Crippen molar-refractivity contribution in [1.29, 1.82) is 0 Å². The quantitative estimate of drug-likeness (QED) is 0.205. The van der Waals surface area contributed by atoms with Gasteiger partial charge in [0.15, 0.2) is 0 Å². The molecule has 0 rings (SSSR count). The van der Waals surface area contributed by atoms with Crippen LogP contribution in [-0.4, -0.2) is 10.5 Å². The Morgan fingerprint density at radius 2 is 1.13 bits per heavy atom. The molecular weight excluding hydrogens is 331 g/mol. The van der Waals surface area contributed by atoms with Crippen molar-refractivity contribution in [2.45, 2.75) is 103 Å². The van der Waals surface area contributed by atoms with Gasteiger partial charge >= 0.3 is 0 Å². The number of carbonyl (C=O) groups excluding carboxylic acids is 2. The zero-order valence-corrected chi connectivity index (χ0v) is 16.3. The van der Waals surface area contributed by atoms with Crippen LogP contribution < -0.4 is 0 Å². The SMILES string of the molecule is CCC(CCCCCCCCCCCCCC(=O)Cl)CC(=O)Cl. The lowest BCUT2D eigenvalue weighted by Crippen LogP contribution is -2.03. The number of halogens is 2. The van der Waals surface area contributed by atoms with Crippen LogP contribution in [0.25, 0.3) is 0 Å². The highest BCUT2D eigenvalue weighted by Gasteiger charge is 2.09. The van der Waals surface area contributed by atoms with Crippen LogP contribution in [0.1, 0.15) is 103 Å². The average molecular weight is 365 g/mol. The van der Waals surface area contributed by atoms with Gasteiger partial charge in [-0.15, -0.1) is 0 Å². The fourth-order valence-electron chi connectivity index (χ4n) is 2.97. The lowest BCUT2D eigenvalue weighted by molar-refractivity contribution is -0.113. The standard InChI is InChI=1S/C19H34Cl2O2/c1-2-17(16-19(21)23)14-12-10-8-6-4-3-5-7-9-11-13-15-18(20)22/h17H,2-16H2,1H3. The van der Waals surface area contributed by atoms with E-state index in [4.69, 9.17) is 23.2 Å². The summed E-state index contributed by atoms with van der Waals surface area (Å²) in [7, 11) is 0. The summed E-state index contributed by atoms with van der Waals surface area (Å²) >= 11 is 10.8. The Kier molecular flexibility index (Phi) is 16.7. The maximum Gasteiger partial charge on any atom is 0.221 e. The molecule has 0 saturated carbocycles. The summed E-state index contributed by atoms with van der Waals surface area (Å²) in [6, 6.07) is 0. The van der Waals surface area contributed by atoms with E-state index in [0.29, 0.717) is 18.8 Å². The Morgan fingerprint density at radius 1 is 0.696 bits per heavy atom. The monoisotopic (exact) mass is 364 g/mol. The molecule has 1 unspecified atom stereocenters. The van der Waals surface area contributed by atoms with Crippen LogP contribution in [0, 0.1) is 5.92 Å². The topological polar surface area (TPSA) is 34.1 Å². The molecule has 0 radical (unpaired) electrons. The maximum absolute atomic E-state index is 10.9. The third kappa shape index (κ3) is 18.1. The van der Waals surface area contributed by atoms with Crippen molar-refractivity contribution in [3.63, 3.8) is 0 Å². The number of hydrogen-bond donors (Lipinski definition) is 0. The minimum Gasteiger partial charge on any atom is -0.281 e. The molecule has 0 N–H and O–H groups in total. The van der Waals surface area contributed by atoms with E-state index in [1.54, 1.807) is 0 Å². The first-order valence-corrected chi connectivity index (χ1v) is 10.2. The van der Waals surface area contributed by atoms with Gasteiger partial charge < -0.3 is 0 Å². The lowest BCUT2D eigenvalue weighted by Gasteiger charge is -2.11. The van der Waals surface area contributed by atoms with Crippen LogP contribution in [0.3, 0.4) is 0 Å². The third-order valence-electron chi connectivity index (χ3n) is 4.51. The molecule has 0 aliphatic heterocycles. The van der Waals surface area contributed by atoms with E-state index < -0.39 is 0 Å². The Balaban J connectivity index is 3.21. The second-order valence-corrected chi connectivity index (χ2v) is 7.46. The molecule has 0 aromatic heterocycles. The van der Waals surface area contributed by atoms with E-state index in [2.05, 4.69) is 6.92 Å². The first-order valence-electron chi connectivity index (χ1n) is 9.43. The normalized spacial score (nSPS) is 12.3. The lowest BCUT2D eigenvalue weighted by atomic mass is 9.95. The van der Waals surface area contributed by atoms with Crippen molar-refractivity contribution in [1.82, 2.24) is 0 Å². The summed E-state index contributed by atoms with van der Waals surface area (Å²) < 4.78 is 0. The summed E-state index contributed by atoms with van der Waals surface area (Å²) in [6.07, 6.45) is 16.9. The molecule has 0 saturated heterocycles. The zero-order valence-electron chi connectivity index (χ0n) is 14.8. The molecule has 0 aromatic rings. The third-order valence-corrected chi connectivity index (χ3v) is 4.86. The van der Waals surface area contributed by atoms with Gasteiger partial charge in [-0.1, -0.05) is 77.6 Å². The Morgan fingerprint density at radius 3 is 1.52 bits per heavy atom. The van der Waals surface area contributed by atoms with Gasteiger partial charge in [-0.2, -0.15) is 0 Å². The van der Waals surface area contributed by atoms with Crippen LogP contribution in [0.4, 0.5) is 0 Å². The molecule has 0 aromatic carbocycles. The molecule has 136 valence electrons. The first-order chi connectivity index (χ1) is 11.1. The summed E-state index contributed by atoms with van der Waals surface area (Å²) in [6.45, 7) is 2.14. The fourth-order valence-corrected chi connectivity index (χ4v) is 3.32. The molecule has 0 bridgehead atoms. The van der Waals surface area contributed by atoms with E-state index in [9.17, 15) is 9.59 Å². The molecule has 0 fully saturated rings. The van der Waals surface area contributed by atoms with Gasteiger partial charge in [-0.25, -0.2) is 0 Å². The molecule has 4 heteroatoms. The van der Waals surface area contributed by atoms with Gasteiger partial charge in [0.25, 0.3) is 0 Å². The van der Waals surface area contributed by atoms with Crippen LogP contribution in [0.2, 0.25) is 0 Å². The van der Waals surface area contributed by atoms with E-state index >= 15 is 0 Å². The summed E-state index contributed by atoms with van der Waals surface area (Å²) in [4.78, 5) is 21.5. The van der Waals surface area contributed by atoms with Gasteiger partial charge in [0.2, 0.25) is 10.5 Å². The van der Waals surface area contributed by atoms with Gasteiger partial charge in [0.1, 0.15) is 0 Å². The number of unbranched alkanes of at least 4 members (excludes halogenated alkanes) is 10. The highest BCUT2D eigenvalue weighted by molar-refractivity contribution is 6.63. The van der Waals surface area contributed by atoms with Crippen LogP contribution in [0.5, 0.6) is 0 Å². The van der Waals surface area contributed by atoms with Gasteiger partial charge in [0, 0.05) is 12.8 Å². The van der Waals surface area contributed by atoms with Crippen molar-refractivity contribution >= 4 is 33.7 Å². The fraction of sp³-hybridized carbons (Fsp3) is 0.895. The van der Waals surface area contributed by atoms with Gasteiger partial charge in [0.05, 0.1) is 0 Å². The second-order valence-electron chi connectivity index (χ2n) is 6.62. The number of rotatable bonds is 17. The summed E-state index contributed by atoms with van der Waals surface area (Å²) in [5, 5.41) is -0.393. The highest BCUT2D eigenvalue weighted by Crippen LogP contribution is 2.19. The highest BCUT2D eigenvalue weighted by atomic mass is 35.5. The molecule has 0 spiro atoms. The van der Waals surface area contributed by atoms with Crippen molar-refractivity contribution < 1.29 is 9.59 Å². The second kappa shape index (κ2) is 16.8. The number of hydrogen-bond acceptors (Lipinski definition) is 2. The van der Waals surface area contributed by atoms with Crippen LogP contribution in [0.15, 0.2) is 0 Å². The Hall–Kier alpha value is -0.0800. The van der Waals surface area contributed by atoms with Crippen molar-refractivity contribution in [3.05, 3.63) is 0 Å². The average Bonchev–Trinajstić information content (AvgIpc) is 2.49. The largest absolute Gasteiger partial charge is 0.281 e. The minimum absolute atomic E-state index is 0.189. The molecule has 0 aliphatic carbocycles. The summed E-state index contributed by atoms with van der Waals surface area (Å²) in [5.41, 5.74) is 0. The molecule has 0 heterocycles. The Labute approximate surface area is 152 Å². The van der Waals surface area contributed by atoms with Crippen molar-refractivity contribution in [3.8, 4) is 0 Å². The summed E-state index contributed by atoms with van der Waals surface area (Å²) in [5.74, 6) is 0.481. The molecule has 0 amide bonds. The Bertz CT molecular complexity index is 306.